The third-order valence-corrected chi connectivity index (χ3v) is 4.77. The highest BCUT2D eigenvalue weighted by Gasteiger charge is 2.22. The van der Waals surface area contributed by atoms with Gasteiger partial charge in [-0.3, -0.25) is 9.88 Å². The van der Waals surface area contributed by atoms with Gasteiger partial charge in [-0.15, -0.1) is 0 Å². The first-order chi connectivity index (χ1) is 11.4. The molecule has 0 aromatic carbocycles. The Bertz CT molecular complexity index is 652. The van der Waals surface area contributed by atoms with E-state index in [0.717, 1.165) is 50.5 Å². The van der Waals surface area contributed by atoms with Gasteiger partial charge in [-0.05, 0) is 31.5 Å². The molecule has 0 spiro atoms. The first-order valence-corrected chi connectivity index (χ1v) is 8.59. The average Bonchev–Trinajstić information content (AvgIpc) is 2.63. The molecule has 23 heavy (non-hydrogen) atoms. The van der Waals surface area contributed by atoms with Crippen LogP contribution in [0.1, 0.15) is 48.1 Å². The molecular weight excluding hydrogens is 286 g/mol. The van der Waals surface area contributed by atoms with E-state index in [-0.39, 0.29) is 0 Å². The maximum absolute atomic E-state index is 4.86. The van der Waals surface area contributed by atoms with Crippen LogP contribution in [0.25, 0.3) is 0 Å². The minimum absolute atomic E-state index is 0.348. The first kappa shape index (κ1) is 14.7. The van der Waals surface area contributed by atoms with Gasteiger partial charge in [0.15, 0.2) is 0 Å². The van der Waals surface area contributed by atoms with E-state index in [1.807, 2.05) is 24.5 Å². The molecule has 2 aromatic heterocycles. The highest BCUT2D eigenvalue weighted by atomic mass is 15.1. The Labute approximate surface area is 137 Å². The zero-order chi connectivity index (χ0) is 15.5. The lowest BCUT2D eigenvalue weighted by Crippen LogP contribution is -2.33. The van der Waals surface area contributed by atoms with Crippen LogP contribution in [0.5, 0.6) is 0 Å². The van der Waals surface area contributed by atoms with Gasteiger partial charge in [-0.1, -0.05) is 12.5 Å². The van der Waals surface area contributed by atoms with Gasteiger partial charge < -0.3 is 5.32 Å². The number of pyridine rings is 1. The second kappa shape index (κ2) is 6.72. The average molecular weight is 309 g/mol. The number of nitrogens with zero attached hydrogens (tertiary/aromatic N) is 4. The summed E-state index contributed by atoms with van der Waals surface area (Å²) in [5, 5.41) is 3.54. The molecule has 1 N–H and O–H groups in total. The van der Waals surface area contributed by atoms with Gasteiger partial charge in [0.25, 0.3) is 0 Å². The maximum atomic E-state index is 4.86. The van der Waals surface area contributed by atoms with Crippen LogP contribution in [-0.2, 0) is 19.5 Å². The Balaban J connectivity index is 1.45. The Morgan fingerprint density at radius 2 is 2.22 bits per heavy atom. The van der Waals surface area contributed by atoms with Crippen LogP contribution in [0.2, 0.25) is 0 Å². The van der Waals surface area contributed by atoms with Crippen molar-refractivity contribution in [1.82, 2.24) is 25.2 Å². The highest BCUT2D eigenvalue weighted by Crippen LogP contribution is 2.23. The summed E-state index contributed by atoms with van der Waals surface area (Å²) >= 11 is 0. The molecule has 0 aliphatic carbocycles. The Hall–Kier alpha value is -1.85. The van der Waals surface area contributed by atoms with Crippen LogP contribution in [0.15, 0.2) is 30.6 Å². The van der Waals surface area contributed by atoms with Crippen molar-refractivity contribution in [2.24, 2.45) is 0 Å². The molecule has 4 heterocycles. The molecule has 0 radical (unpaired) electrons. The summed E-state index contributed by atoms with van der Waals surface area (Å²) in [5.74, 6) is 0.988. The predicted octanol–water partition coefficient (Wildman–Crippen LogP) is 2.24. The highest BCUT2D eigenvalue weighted by molar-refractivity contribution is 5.22. The van der Waals surface area contributed by atoms with Crippen molar-refractivity contribution in [3.8, 4) is 0 Å². The van der Waals surface area contributed by atoms with Crippen molar-refractivity contribution >= 4 is 0 Å². The predicted molar refractivity (Wildman–Crippen MR) is 88.7 cm³/mol. The fourth-order valence-electron chi connectivity index (χ4n) is 3.49. The van der Waals surface area contributed by atoms with E-state index in [2.05, 4.69) is 26.3 Å². The smallest absolute Gasteiger partial charge is 0.145 e. The van der Waals surface area contributed by atoms with E-state index in [0.29, 0.717) is 6.04 Å². The second-order valence-electron chi connectivity index (χ2n) is 6.48. The zero-order valence-corrected chi connectivity index (χ0v) is 13.4. The van der Waals surface area contributed by atoms with Crippen LogP contribution in [0.4, 0.5) is 0 Å². The molecule has 2 aliphatic heterocycles. The van der Waals surface area contributed by atoms with Crippen molar-refractivity contribution in [1.29, 1.82) is 0 Å². The molecule has 120 valence electrons. The molecule has 1 atom stereocenters. The number of piperidine rings is 1. The van der Waals surface area contributed by atoms with E-state index in [1.54, 1.807) is 0 Å². The zero-order valence-electron chi connectivity index (χ0n) is 13.4. The molecule has 4 rings (SSSR count). The monoisotopic (exact) mass is 309 g/mol. The molecule has 5 heteroatoms. The number of hydrogen-bond donors (Lipinski definition) is 1. The Morgan fingerprint density at radius 3 is 3.04 bits per heavy atom. The molecule has 0 amide bonds. The largest absolute Gasteiger partial charge is 0.307 e. The number of rotatable bonds is 3. The van der Waals surface area contributed by atoms with Crippen LogP contribution < -0.4 is 5.32 Å². The van der Waals surface area contributed by atoms with Crippen LogP contribution in [0, 0.1) is 0 Å². The molecule has 1 unspecified atom stereocenters. The van der Waals surface area contributed by atoms with Crippen molar-refractivity contribution < 1.29 is 0 Å². The third kappa shape index (κ3) is 3.41. The fourth-order valence-corrected chi connectivity index (χ4v) is 3.49. The minimum atomic E-state index is 0.348. The summed E-state index contributed by atoms with van der Waals surface area (Å²) in [7, 11) is 0. The van der Waals surface area contributed by atoms with Gasteiger partial charge in [0.2, 0.25) is 0 Å². The lowest BCUT2D eigenvalue weighted by atomic mass is 10.0. The number of nitrogens with one attached hydrogen (secondary N) is 1. The molecule has 2 aliphatic rings. The van der Waals surface area contributed by atoms with Crippen molar-refractivity contribution in [2.45, 2.75) is 44.8 Å². The minimum Gasteiger partial charge on any atom is -0.307 e. The number of aromatic nitrogens is 3. The lowest BCUT2D eigenvalue weighted by Gasteiger charge is -2.29. The summed E-state index contributed by atoms with van der Waals surface area (Å²) in [6.45, 7) is 3.94. The van der Waals surface area contributed by atoms with E-state index >= 15 is 0 Å². The quantitative estimate of drug-likeness (QED) is 0.942. The normalized spacial score (nSPS) is 21.8. The lowest BCUT2D eigenvalue weighted by molar-refractivity contribution is 0.239. The van der Waals surface area contributed by atoms with Gasteiger partial charge in [-0.25, -0.2) is 9.97 Å². The first-order valence-electron chi connectivity index (χ1n) is 8.59. The fraction of sp³-hybridized carbons (Fsp3) is 0.500. The van der Waals surface area contributed by atoms with E-state index in [4.69, 9.17) is 4.98 Å². The molecule has 5 nitrogen and oxygen atoms in total. The van der Waals surface area contributed by atoms with Gasteiger partial charge in [-0.2, -0.15) is 0 Å². The molecule has 0 bridgehead atoms. The topological polar surface area (TPSA) is 53.9 Å². The Kier molecular flexibility index (Phi) is 4.30. The Morgan fingerprint density at radius 1 is 1.22 bits per heavy atom. The molecule has 1 fully saturated rings. The van der Waals surface area contributed by atoms with Gasteiger partial charge in [0.05, 0.1) is 11.7 Å². The second-order valence-corrected chi connectivity index (χ2v) is 6.48. The number of fused-ring (bicyclic) bond motifs is 1. The van der Waals surface area contributed by atoms with Crippen molar-refractivity contribution in [3.05, 3.63) is 53.4 Å². The summed E-state index contributed by atoms with van der Waals surface area (Å²) in [6.07, 6.45) is 8.60. The summed E-state index contributed by atoms with van der Waals surface area (Å²) in [5.41, 5.74) is 3.63. The third-order valence-electron chi connectivity index (χ3n) is 4.77. The van der Waals surface area contributed by atoms with Crippen molar-refractivity contribution in [2.75, 3.05) is 13.1 Å². The maximum Gasteiger partial charge on any atom is 0.145 e. The molecule has 1 saturated heterocycles. The van der Waals surface area contributed by atoms with Crippen LogP contribution in [-0.4, -0.2) is 32.9 Å². The van der Waals surface area contributed by atoms with E-state index < -0.39 is 0 Å². The van der Waals surface area contributed by atoms with Crippen LogP contribution in [0.3, 0.4) is 0 Å². The molecular formula is C18H23N5. The van der Waals surface area contributed by atoms with Gasteiger partial charge in [0.1, 0.15) is 5.82 Å². The molecule has 0 saturated carbocycles. The van der Waals surface area contributed by atoms with E-state index in [1.165, 1.54) is 24.1 Å². The summed E-state index contributed by atoms with van der Waals surface area (Å²) < 4.78 is 0. The van der Waals surface area contributed by atoms with Gasteiger partial charge in [0, 0.05) is 49.7 Å². The van der Waals surface area contributed by atoms with E-state index in [9.17, 15) is 0 Å². The van der Waals surface area contributed by atoms with Crippen LogP contribution >= 0.6 is 0 Å². The molecule has 2 aromatic rings. The summed E-state index contributed by atoms with van der Waals surface area (Å²) in [4.78, 5) is 16.3. The standard InChI is InChI=1S/C18H23N5/c1-3-8-19-15(5-1)13-23-10-7-16-14(12-23)11-21-18(22-16)17-6-2-4-9-20-17/h1,3,5,8,11,17,20H,2,4,6-7,9-10,12-13H2. The number of hydrogen-bond acceptors (Lipinski definition) is 5. The SMILES string of the molecule is c1ccc(CN2CCc3nc(C4CCCCN4)ncc3C2)nc1. The van der Waals surface area contributed by atoms with Crippen molar-refractivity contribution in [3.63, 3.8) is 0 Å². The van der Waals surface area contributed by atoms with Gasteiger partial charge >= 0.3 is 0 Å². The summed E-state index contributed by atoms with van der Waals surface area (Å²) in [6, 6.07) is 6.45.